The van der Waals surface area contributed by atoms with E-state index in [4.69, 9.17) is 9.47 Å². The number of fused-ring (bicyclic) bond motifs is 5. The lowest BCUT2D eigenvalue weighted by Gasteiger charge is -2.50. The van der Waals surface area contributed by atoms with E-state index in [9.17, 15) is 9.90 Å². The van der Waals surface area contributed by atoms with Crippen molar-refractivity contribution in [3.63, 3.8) is 0 Å². The zero-order valence-electron chi connectivity index (χ0n) is 16.2. The highest BCUT2D eigenvalue weighted by molar-refractivity contribution is 5.66. The maximum atomic E-state index is 11.7. The highest BCUT2D eigenvalue weighted by Crippen LogP contribution is 2.63. The number of benzene rings is 1. The molecule has 142 valence electrons. The van der Waals surface area contributed by atoms with Gasteiger partial charge in [-0.05, 0) is 80.0 Å². The van der Waals surface area contributed by atoms with E-state index in [-0.39, 0.29) is 11.4 Å². The number of hydrogen-bond acceptors (Lipinski definition) is 4. The van der Waals surface area contributed by atoms with Gasteiger partial charge in [0.2, 0.25) is 0 Å². The minimum Gasteiger partial charge on any atom is -0.497 e. The van der Waals surface area contributed by atoms with Crippen molar-refractivity contribution in [2.75, 3.05) is 7.11 Å². The topological polar surface area (TPSA) is 55.8 Å². The Balaban J connectivity index is 1.67. The summed E-state index contributed by atoms with van der Waals surface area (Å²) in [5.41, 5.74) is 1.79. The SMILES string of the molecule is COc1ccc2c(c1)CC[C@@H]1[C@@H]2CC[C@]2(C)[C@@H](OC(C)=O)[C@@](C)(O)C[C@@H]12. The van der Waals surface area contributed by atoms with Gasteiger partial charge < -0.3 is 14.6 Å². The summed E-state index contributed by atoms with van der Waals surface area (Å²) in [5, 5.41) is 11.1. The molecule has 0 aliphatic heterocycles. The lowest BCUT2D eigenvalue weighted by atomic mass is 9.55. The minimum absolute atomic E-state index is 0.139. The molecule has 26 heavy (non-hydrogen) atoms. The molecule has 0 saturated heterocycles. The molecule has 0 spiro atoms. The number of aliphatic hydroxyl groups is 1. The maximum Gasteiger partial charge on any atom is 0.303 e. The largest absolute Gasteiger partial charge is 0.497 e. The average molecular weight is 358 g/mol. The Morgan fingerprint density at radius 2 is 2.04 bits per heavy atom. The van der Waals surface area contributed by atoms with Gasteiger partial charge in [-0.2, -0.15) is 0 Å². The fourth-order valence-corrected chi connectivity index (χ4v) is 6.43. The second kappa shape index (κ2) is 5.98. The van der Waals surface area contributed by atoms with Crippen LogP contribution in [0.2, 0.25) is 0 Å². The van der Waals surface area contributed by atoms with Crippen LogP contribution < -0.4 is 4.74 Å². The zero-order chi connectivity index (χ0) is 18.7. The summed E-state index contributed by atoms with van der Waals surface area (Å²) in [4.78, 5) is 11.7. The van der Waals surface area contributed by atoms with Crippen molar-refractivity contribution in [3.05, 3.63) is 29.3 Å². The molecule has 0 radical (unpaired) electrons. The molecule has 2 fully saturated rings. The van der Waals surface area contributed by atoms with E-state index in [2.05, 4.69) is 25.1 Å². The summed E-state index contributed by atoms with van der Waals surface area (Å²) in [5.74, 6) is 2.11. The molecule has 6 atom stereocenters. The first kappa shape index (κ1) is 17.8. The molecule has 4 heteroatoms. The van der Waals surface area contributed by atoms with E-state index in [1.165, 1.54) is 18.1 Å². The molecule has 1 aromatic rings. The first-order valence-corrected chi connectivity index (χ1v) is 9.82. The first-order valence-electron chi connectivity index (χ1n) is 9.82. The van der Waals surface area contributed by atoms with E-state index in [0.717, 1.165) is 31.4 Å². The van der Waals surface area contributed by atoms with Gasteiger partial charge in [-0.3, -0.25) is 4.79 Å². The van der Waals surface area contributed by atoms with Crippen molar-refractivity contribution in [2.24, 2.45) is 17.3 Å². The Labute approximate surface area is 155 Å². The molecular weight excluding hydrogens is 328 g/mol. The molecule has 0 amide bonds. The van der Waals surface area contributed by atoms with E-state index in [1.807, 2.05) is 6.92 Å². The summed E-state index contributed by atoms with van der Waals surface area (Å²) in [6.45, 7) is 5.52. The molecule has 0 aromatic heterocycles. The third-order valence-corrected chi connectivity index (χ3v) is 7.45. The Hall–Kier alpha value is -1.55. The number of aryl methyl sites for hydroxylation is 1. The third kappa shape index (κ3) is 2.57. The monoisotopic (exact) mass is 358 g/mol. The molecule has 4 rings (SSSR count). The van der Waals surface area contributed by atoms with Crippen molar-refractivity contribution in [3.8, 4) is 5.75 Å². The number of hydrogen-bond donors (Lipinski definition) is 1. The molecular formula is C22H30O4. The predicted octanol–water partition coefficient (Wildman–Crippen LogP) is 3.84. The average Bonchev–Trinajstić information content (AvgIpc) is 2.80. The number of rotatable bonds is 2. The van der Waals surface area contributed by atoms with Crippen LogP contribution in [0.15, 0.2) is 18.2 Å². The number of esters is 1. The molecule has 0 unspecified atom stereocenters. The Morgan fingerprint density at radius 1 is 1.27 bits per heavy atom. The van der Waals surface area contributed by atoms with Crippen LogP contribution in [0.5, 0.6) is 5.75 Å². The van der Waals surface area contributed by atoms with Crippen molar-refractivity contribution >= 4 is 5.97 Å². The van der Waals surface area contributed by atoms with Crippen LogP contribution in [-0.4, -0.2) is 29.9 Å². The van der Waals surface area contributed by atoms with Crippen LogP contribution >= 0.6 is 0 Å². The van der Waals surface area contributed by atoms with Gasteiger partial charge in [0.25, 0.3) is 0 Å². The normalized spacial score (nSPS) is 41.0. The van der Waals surface area contributed by atoms with Gasteiger partial charge in [-0.1, -0.05) is 13.0 Å². The Kier molecular flexibility index (Phi) is 4.11. The van der Waals surface area contributed by atoms with E-state index in [0.29, 0.717) is 24.2 Å². The molecule has 3 aliphatic rings. The van der Waals surface area contributed by atoms with Gasteiger partial charge in [0.1, 0.15) is 11.9 Å². The highest BCUT2D eigenvalue weighted by atomic mass is 16.6. The standard InChI is InChI=1S/C22H30O4/c1-13(23)26-20-21(2)10-9-17-16-8-6-15(25-4)11-14(16)5-7-18(17)19(21)12-22(20,3)24/h6,8,11,17-20,24H,5,7,9-10,12H2,1-4H3/t17-,18-,19+,20-,21+,22+/m1/s1. The van der Waals surface area contributed by atoms with E-state index in [1.54, 1.807) is 7.11 Å². The number of ether oxygens (including phenoxy) is 2. The van der Waals surface area contributed by atoms with Gasteiger partial charge in [-0.15, -0.1) is 0 Å². The van der Waals surface area contributed by atoms with Gasteiger partial charge in [0.15, 0.2) is 0 Å². The fraction of sp³-hybridized carbons (Fsp3) is 0.682. The summed E-state index contributed by atoms with van der Waals surface area (Å²) >= 11 is 0. The van der Waals surface area contributed by atoms with E-state index >= 15 is 0 Å². The van der Waals surface area contributed by atoms with Crippen LogP contribution in [-0.2, 0) is 16.0 Å². The van der Waals surface area contributed by atoms with Crippen LogP contribution in [0.3, 0.4) is 0 Å². The Bertz CT molecular complexity index is 725. The summed E-state index contributed by atoms with van der Waals surface area (Å²) in [6, 6.07) is 6.50. The third-order valence-electron chi connectivity index (χ3n) is 7.45. The van der Waals surface area contributed by atoms with Crippen LogP contribution in [0.1, 0.15) is 63.5 Å². The van der Waals surface area contributed by atoms with Crippen molar-refractivity contribution in [1.82, 2.24) is 0 Å². The molecule has 1 aromatic carbocycles. The van der Waals surface area contributed by atoms with Crippen molar-refractivity contribution in [2.45, 2.75) is 70.5 Å². The summed E-state index contributed by atoms with van der Waals surface area (Å²) < 4.78 is 11.1. The van der Waals surface area contributed by atoms with Gasteiger partial charge in [0, 0.05) is 12.3 Å². The molecule has 4 nitrogen and oxygen atoms in total. The maximum absolute atomic E-state index is 11.7. The molecule has 0 bridgehead atoms. The second-order valence-corrected chi connectivity index (χ2v) is 9.08. The number of carbonyl (C=O) groups excluding carboxylic acids is 1. The van der Waals surface area contributed by atoms with Crippen LogP contribution in [0, 0.1) is 17.3 Å². The molecule has 2 saturated carbocycles. The van der Waals surface area contributed by atoms with Gasteiger partial charge in [0.05, 0.1) is 12.7 Å². The summed E-state index contributed by atoms with van der Waals surface area (Å²) in [7, 11) is 1.72. The van der Waals surface area contributed by atoms with Crippen molar-refractivity contribution < 1.29 is 19.4 Å². The zero-order valence-corrected chi connectivity index (χ0v) is 16.2. The Morgan fingerprint density at radius 3 is 2.73 bits per heavy atom. The predicted molar refractivity (Wildman–Crippen MR) is 99.2 cm³/mol. The van der Waals surface area contributed by atoms with Crippen LogP contribution in [0.25, 0.3) is 0 Å². The first-order chi connectivity index (χ1) is 12.3. The van der Waals surface area contributed by atoms with Crippen molar-refractivity contribution in [1.29, 1.82) is 0 Å². The second-order valence-electron chi connectivity index (χ2n) is 9.08. The molecule has 0 heterocycles. The summed E-state index contributed by atoms with van der Waals surface area (Å²) in [6.07, 6.45) is 4.57. The van der Waals surface area contributed by atoms with Crippen LogP contribution in [0.4, 0.5) is 0 Å². The van der Waals surface area contributed by atoms with E-state index < -0.39 is 11.7 Å². The molecule has 3 aliphatic carbocycles. The molecule has 1 N–H and O–H groups in total. The lowest BCUT2D eigenvalue weighted by Crippen LogP contribution is -2.48. The minimum atomic E-state index is -0.944. The number of methoxy groups -OCH3 is 1. The van der Waals surface area contributed by atoms with Gasteiger partial charge >= 0.3 is 5.97 Å². The number of carbonyl (C=O) groups is 1. The van der Waals surface area contributed by atoms with Gasteiger partial charge in [-0.25, -0.2) is 0 Å². The quantitative estimate of drug-likeness (QED) is 0.816. The lowest BCUT2D eigenvalue weighted by molar-refractivity contribution is -0.170. The highest BCUT2D eigenvalue weighted by Gasteiger charge is 2.63. The fourth-order valence-electron chi connectivity index (χ4n) is 6.43. The smallest absolute Gasteiger partial charge is 0.303 e.